The summed E-state index contributed by atoms with van der Waals surface area (Å²) < 4.78 is 32.1. The van der Waals surface area contributed by atoms with Crippen molar-refractivity contribution in [1.82, 2.24) is 0 Å². The van der Waals surface area contributed by atoms with Crippen LogP contribution in [0.15, 0.2) is 132 Å². The highest BCUT2D eigenvalue weighted by Gasteiger charge is 2.37. The van der Waals surface area contributed by atoms with E-state index < -0.39 is 18.2 Å². The molecule has 39 heavy (non-hydrogen) atoms. The SMILES string of the molecule is Cc1ccc(S(=O)(=O)O[C@@H]2CCCC[C@H]2C/C=C/[Si](c2ccccc2)(c2ccccc2)c2ccccc2)cc1. The van der Waals surface area contributed by atoms with Gasteiger partial charge in [-0.1, -0.05) is 133 Å². The van der Waals surface area contributed by atoms with Gasteiger partial charge in [-0.05, 0) is 59.8 Å². The molecule has 2 atom stereocenters. The van der Waals surface area contributed by atoms with Crippen LogP contribution < -0.4 is 15.6 Å². The first-order chi connectivity index (χ1) is 19.0. The summed E-state index contributed by atoms with van der Waals surface area (Å²) in [6.45, 7) is 1.95. The second-order valence-corrected chi connectivity index (χ2v) is 15.7. The van der Waals surface area contributed by atoms with Crippen LogP contribution in [0.4, 0.5) is 0 Å². The van der Waals surface area contributed by atoms with Crippen LogP contribution in [0.5, 0.6) is 0 Å². The fourth-order valence-electron chi connectivity index (χ4n) is 5.80. The number of benzene rings is 4. The van der Waals surface area contributed by atoms with E-state index in [0.717, 1.165) is 37.7 Å². The van der Waals surface area contributed by atoms with Crippen LogP contribution in [0.3, 0.4) is 0 Å². The summed E-state index contributed by atoms with van der Waals surface area (Å²) in [7, 11) is -6.28. The predicted molar refractivity (Wildman–Crippen MR) is 163 cm³/mol. The van der Waals surface area contributed by atoms with Crippen molar-refractivity contribution >= 4 is 33.8 Å². The average Bonchev–Trinajstić information content (AvgIpc) is 2.98. The fourth-order valence-corrected chi connectivity index (χ4v) is 11.2. The zero-order chi connectivity index (χ0) is 27.1. The largest absolute Gasteiger partial charge is 0.297 e. The lowest BCUT2D eigenvalue weighted by molar-refractivity contribution is 0.100. The molecule has 0 heterocycles. The van der Waals surface area contributed by atoms with Gasteiger partial charge in [-0.3, -0.25) is 4.18 Å². The van der Waals surface area contributed by atoms with Crippen molar-refractivity contribution in [2.45, 2.75) is 50.0 Å². The van der Waals surface area contributed by atoms with Crippen LogP contribution in [0.2, 0.25) is 0 Å². The van der Waals surface area contributed by atoms with Gasteiger partial charge in [0.2, 0.25) is 0 Å². The van der Waals surface area contributed by atoms with Gasteiger partial charge in [-0.2, -0.15) is 8.42 Å². The van der Waals surface area contributed by atoms with Crippen molar-refractivity contribution < 1.29 is 12.6 Å². The molecule has 1 fully saturated rings. The molecule has 0 unspecified atom stereocenters. The molecule has 200 valence electrons. The van der Waals surface area contributed by atoms with Crippen molar-refractivity contribution in [1.29, 1.82) is 0 Å². The Morgan fingerprint density at radius 1 is 0.718 bits per heavy atom. The number of hydrogen-bond acceptors (Lipinski definition) is 3. The molecule has 1 aliphatic rings. The van der Waals surface area contributed by atoms with E-state index >= 15 is 0 Å². The molecule has 0 amide bonds. The van der Waals surface area contributed by atoms with Gasteiger partial charge < -0.3 is 0 Å². The lowest BCUT2D eigenvalue weighted by atomic mass is 9.84. The lowest BCUT2D eigenvalue weighted by Crippen LogP contribution is -2.66. The van der Waals surface area contributed by atoms with Crippen LogP contribution in [-0.4, -0.2) is 22.6 Å². The summed E-state index contributed by atoms with van der Waals surface area (Å²) in [6.07, 6.45) is 6.61. The van der Waals surface area contributed by atoms with Crippen molar-refractivity contribution in [3.8, 4) is 0 Å². The topological polar surface area (TPSA) is 43.4 Å². The Hall–Kier alpha value is -3.25. The van der Waals surface area contributed by atoms with Gasteiger partial charge in [0, 0.05) is 0 Å². The molecule has 5 rings (SSSR count). The van der Waals surface area contributed by atoms with Crippen molar-refractivity contribution in [2.24, 2.45) is 5.92 Å². The molecule has 1 saturated carbocycles. The van der Waals surface area contributed by atoms with Gasteiger partial charge in [0.25, 0.3) is 10.1 Å². The first kappa shape index (κ1) is 27.3. The van der Waals surface area contributed by atoms with Gasteiger partial charge in [0.1, 0.15) is 0 Å². The van der Waals surface area contributed by atoms with Crippen molar-refractivity contribution in [3.05, 3.63) is 133 Å². The van der Waals surface area contributed by atoms with Gasteiger partial charge in [-0.15, -0.1) is 0 Å². The Labute approximate surface area is 234 Å². The molecule has 4 aromatic carbocycles. The molecule has 4 aromatic rings. The third-order valence-corrected chi connectivity index (χ3v) is 13.7. The Balaban J connectivity index is 1.47. The first-order valence-corrected chi connectivity index (χ1v) is 17.3. The lowest BCUT2D eigenvalue weighted by Gasteiger charge is -2.32. The van der Waals surface area contributed by atoms with Crippen molar-refractivity contribution in [2.75, 3.05) is 0 Å². The summed E-state index contributed by atoms with van der Waals surface area (Å²) in [4.78, 5) is 0.233. The summed E-state index contributed by atoms with van der Waals surface area (Å²) in [5, 5.41) is 3.99. The van der Waals surface area contributed by atoms with Crippen LogP contribution in [0, 0.1) is 12.8 Å². The number of hydrogen-bond donors (Lipinski definition) is 0. The third-order valence-electron chi connectivity index (χ3n) is 7.89. The normalized spacial score (nSPS) is 18.3. The molecule has 0 saturated heterocycles. The monoisotopic (exact) mass is 552 g/mol. The van der Waals surface area contributed by atoms with E-state index in [1.165, 1.54) is 15.6 Å². The molecule has 0 aromatic heterocycles. The molecule has 1 aliphatic carbocycles. The summed E-state index contributed by atoms with van der Waals surface area (Å²) in [5.41, 5.74) is 3.48. The average molecular weight is 553 g/mol. The highest BCUT2D eigenvalue weighted by atomic mass is 32.2. The minimum atomic E-state index is -3.81. The van der Waals surface area contributed by atoms with Gasteiger partial charge in [-0.25, -0.2) is 0 Å². The van der Waals surface area contributed by atoms with E-state index in [-0.39, 0.29) is 16.9 Å². The predicted octanol–water partition coefficient (Wildman–Crippen LogP) is 5.92. The Bertz CT molecular complexity index is 1370. The smallest absolute Gasteiger partial charge is 0.263 e. The maximum absolute atomic E-state index is 13.1. The number of aryl methyl sites for hydroxylation is 1. The number of allylic oxidation sites excluding steroid dienone is 1. The molecule has 0 bridgehead atoms. The van der Waals surface area contributed by atoms with E-state index in [1.54, 1.807) is 12.1 Å². The zero-order valence-electron chi connectivity index (χ0n) is 22.4. The van der Waals surface area contributed by atoms with Gasteiger partial charge in [0.15, 0.2) is 8.07 Å². The first-order valence-electron chi connectivity index (χ1n) is 13.8. The molecule has 3 nitrogen and oxygen atoms in total. The minimum absolute atomic E-state index is 0.157. The van der Waals surface area contributed by atoms with Crippen molar-refractivity contribution in [3.63, 3.8) is 0 Å². The Kier molecular flexibility index (Phi) is 8.61. The summed E-state index contributed by atoms with van der Waals surface area (Å²) >= 11 is 0. The van der Waals surface area contributed by atoms with Gasteiger partial charge in [0.05, 0.1) is 11.0 Å². The molecule has 0 spiro atoms. The molecular formula is C34H36O3SSi. The minimum Gasteiger partial charge on any atom is -0.263 e. The van der Waals surface area contributed by atoms with Crippen LogP contribution in [0.1, 0.15) is 37.7 Å². The third kappa shape index (κ3) is 6.16. The standard InChI is InChI=1S/C34H36O3SSi/c1-28-23-25-30(26-24-28)38(35,36)37-34-22-12-11-14-29(34)15-13-27-39(31-16-5-2-6-17-31,32-18-7-3-8-19-32)33-20-9-4-10-21-33/h2-10,13,16-21,23-27,29,34H,11-12,14-15,22H2,1H3/b27-13+/t29-,34+/m0/s1. The fraction of sp³-hybridized carbons (Fsp3) is 0.235. The molecule has 0 aliphatic heterocycles. The number of rotatable bonds is 9. The maximum atomic E-state index is 13.1. The van der Waals surface area contributed by atoms with E-state index in [9.17, 15) is 8.42 Å². The zero-order valence-corrected chi connectivity index (χ0v) is 24.3. The van der Waals surface area contributed by atoms with E-state index in [2.05, 4.69) is 103 Å². The highest BCUT2D eigenvalue weighted by molar-refractivity contribution is 7.86. The quantitative estimate of drug-likeness (QED) is 0.147. The van der Waals surface area contributed by atoms with Crippen LogP contribution in [-0.2, 0) is 14.3 Å². The van der Waals surface area contributed by atoms with E-state index in [4.69, 9.17) is 4.18 Å². The summed E-state index contributed by atoms with van der Waals surface area (Å²) in [5.74, 6) is 0.157. The molecule has 5 heteroatoms. The van der Waals surface area contributed by atoms with Gasteiger partial charge >= 0.3 is 0 Å². The molecule has 0 radical (unpaired) electrons. The maximum Gasteiger partial charge on any atom is 0.297 e. The summed E-state index contributed by atoms with van der Waals surface area (Å²) in [6, 6.07) is 39.3. The molecular weight excluding hydrogens is 517 g/mol. The highest BCUT2D eigenvalue weighted by Crippen LogP contribution is 2.32. The molecule has 0 N–H and O–H groups in total. The van der Waals surface area contributed by atoms with E-state index in [0.29, 0.717) is 0 Å². The van der Waals surface area contributed by atoms with Crippen LogP contribution in [0.25, 0.3) is 0 Å². The Morgan fingerprint density at radius 3 is 1.72 bits per heavy atom. The van der Waals surface area contributed by atoms with Crippen LogP contribution >= 0.6 is 0 Å². The second-order valence-electron chi connectivity index (χ2n) is 10.5. The Morgan fingerprint density at radius 2 is 1.21 bits per heavy atom. The van der Waals surface area contributed by atoms with E-state index in [1.807, 2.05) is 19.1 Å². The second kappa shape index (κ2) is 12.3.